The zero-order valence-electron chi connectivity index (χ0n) is 11.4. The van der Waals surface area contributed by atoms with Gasteiger partial charge >= 0.3 is 0 Å². The van der Waals surface area contributed by atoms with E-state index in [-0.39, 0.29) is 0 Å². The van der Waals surface area contributed by atoms with Crippen LogP contribution in [0.1, 0.15) is 63.9 Å². The van der Waals surface area contributed by atoms with E-state index in [1.807, 2.05) is 0 Å². The van der Waals surface area contributed by atoms with Gasteiger partial charge in [0.15, 0.2) is 11.6 Å². The third-order valence-electron chi connectivity index (χ3n) is 3.33. The van der Waals surface area contributed by atoms with Gasteiger partial charge in [0.2, 0.25) is 0 Å². The number of benzene rings is 1. The zero-order chi connectivity index (χ0) is 13.2. The predicted molar refractivity (Wildman–Crippen MR) is 72.7 cm³/mol. The molecule has 1 aromatic carbocycles. The van der Waals surface area contributed by atoms with E-state index in [4.69, 9.17) is 0 Å². The van der Waals surface area contributed by atoms with Crippen molar-refractivity contribution in [3.63, 3.8) is 0 Å². The second-order valence-corrected chi connectivity index (χ2v) is 4.94. The highest BCUT2D eigenvalue weighted by Crippen LogP contribution is 2.15. The summed E-state index contributed by atoms with van der Waals surface area (Å²) in [5.74, 6) is -1.40. The Balaban J connectivity index is 2.09. The molecule has 0 spiro atoms. The van der Waals surface area contributed by atoms with Crippen LogP contribution >= 0.6 is 0 Å². The maximum Gasteiger partial charge on any atom is 0.162 e. The van der Waals surface area contributed by atoms with Crippen LogP contribution in [0.5, 0.6) is 0 Å². The van der Waals surface area contributed by atoms with E-state index in [0.29, 0.717) is 12.0 Å². The lowest BCUT2D eigenvalue weighted by atomic mass is 10.0. The molecule has 0 fully saturated rings. The number of halogens is 2. The largest absolute Gasteiger partial charge is 0.204 e. The summed E-state index contributed by atoms with van der Waals surface area (Å²) in [5.41, 5.74) is 0.515. The van der Waals surface area contributed by atoms with Crippen LogP contribution in [-0.2, 0) is 6.42 Å². The molecule has 1 rings (SSSR count). The van der Waals surface area contributed by atoms with Crippen LogP contribution in [0.25, 0.3) is 0 Å². The van der Waals surface area contributed by atoms with Crippen molar-refractivity contribution in [1.29, 1.82) is 0 Å². The molecule has 0 atom stereocenters. The SMILES string of the molecule is CCCCCCCCCCc1cccc(F)c1F. The van der Waals surface area contributed by atoms with Crippen LogP contribution in [0.4, 0.5) is 8.78 Å². The number of rotatable bonds is 9. The fourth-order valence-electron chi connectivity index (χ4n) is 2.19. The van der Waals surface area contributed by atoms with Gasteiger partial charge in [-0.15, -0.1) is 0 Å². The van der Waals surface area contributed by atoms with E-state index in [1.165, 1.54) is 44.6 Å². The second kappa shape index (κ2) is 9.07. The minimum Gasteiger partial charge on any atom is -0.204 e. The van der Waals surface area contributed by atoms with Gasteiger partial charge in [-0.3, -0.25) is 0 Å². The van der Waals surface area contributed by atoms with Crippen LogP contribution < -0.4 is 0 Å². The van der Waals surface area contributed by atoms with E-state index < -0.39 is 11.6 Å². The molecule has 0 saturated carbocycles. The van der Waals surface area contributed by atoms with E-state index in [2.05, 4.69) is 6.92 Å². The van der Waals surface area contributed by atoms with Crippen molar-refractivity contribution in [2.24, 2.45) is 0 Å². The van der Waals surface area contributed by atoms with Gasteiger partial charge in [-0.1, -0.05) is 64.0 Å². The lowest BCUT2D eigenvalue weighted by Gasteiger charge is -2.04. The summed E-state index contributed by atoms with van der Waals surface area (Å²) in [5, 5.41) is 0. The summed E-state index contributed by atoms with van der Waals surface area (Å²) >= 11 is 0. The fourth-order valence-corrected chi connectivity index (χ4v) is 2.19. The molecule has 2 heteroatoms. The highest BCUT2D eigenvalue weighted by atomic mass is 19.2. The lowest BCUT2D eigenvalue weighted by Crippen LogP contribution is -1.94. The average Bonchev–Trinajstić information content (AvgIpc) is 2.37. The molecule has 18 heavy (non-hydrogen) atoms. The Morgan fingerprint density at radius 2 is 1.44 bits per heavy atom. The summed E-state index contributed by atoms with van der Waals surface area (Å²) in [6.07, 6.45) is 10.4. The van der Waals surface area contributed by atoms with Gasteiger partial charge in [-0.25, -0.2) is 8.78 Å². The number of hydrogen-bond acceptors (Lipinski definition) is 0. The Kier molecular flexibility index (Phi) is 7.63. The smallest absolute Gasteiger partial charge is 0.162 e. The first-order valence-electron chi connectivity index (χ1n) is 7.18. The molecular formula is C16H24F2. The molecule has 0 aliphatic rings. The Morgan fingerprint density at radius 3 is 2.11 bits per heavy atom. The molecule has 0 heterocycles. The molecule has 102 valence electrons. The summed E-state index contributed by atoms with van der Waals surface area (Å²) in [6, 6.07) is 4.44. The summed E-state index contributed by atoms with van der Waals surface area (Å²) in [6.45, 7) is 2.22. The van der Waals surface area contributed by atoms with Gasteiger partial charge < -0.3 is 0 Å². The standard InChI is InChI=1S/C16H24F2/c1-2-3-4-5-6-7-8-9-11-14-12-10-13-15(17)16(14)18/h10,12-13H,2-9,11H2,1H3. The van der Waals surface area contributed by atoms with Crippen LogP contribution in [-0.4, -0.2) is 0 Å². The van der Waals surface area contributed by atoms with Gasteiger partial charge in [0.05, 0.1) is 0 Å². The maximum atomic E-state index is 13.3. The second-order valence-electron chi connectivity index (χ2n) is 4.94. The predicted octanol–water partition coefficient (Wildman–Crippen LogP) is 5.65. The molecule has 0 amide bonds. The minimum atomic E-state index is -0.730. The summed E-state index contributed by atoms with van der Waals surface area (Å²) in [4.78, 5) is 0. The minimum absolute atomic E-state index is 0.515. The Labute approximate surface area is 109 Å². The normalized spacial score (nSPS) is 10.8. The molecule has 0 saturated heterocycles. The van der Waals surface area contributed by atoms with E-state index in [9.17, 15) is 8.78 Å². The van der Waals surface area contributed by atoms with Crippen molar-refractivity contribution in [2.75, 3.05) is 0 Å². The molecule has 0 N–H and O–H groups in total. The van der Waals surface area contributed by atoms with E-state index >= 15 is 0 Å². The first-order valence-corrected chi connectivity index (χ1v) is 7.18. The molecule has 0 aromatic heterocycles. The molecule has 0 unspecified atom stereocenters. The quantitative estimate of drug-likeness (QED) is 0.500. The van der Waals surface area contributed by atoms with Gasteiger partial charge in [0, 0.05) is 0 Å². The fraction of sp³-hybridized carbons (Fsp3) is 0.625. The zero-order valence-corrected chi connectivity index (χ0v) is 11.4. The van der Waals surface area contributed by atoms with Gasteiger partial charge in [-0.05, 0) is 24.5 Å². The van der Waals surface area contributed by atoms with Gasteiger partial charge in [0.1, 0.15) is 0 Å². The summed E-state index contributed by atoms with van der Waals surface area (Å²) in [7, 11) is 0. The number of unbranched alkanes of at least 4 members (excludes halogenated alkanes) is 7. The van der Waals surface area contributed by atoms with Gasteiger partial charge in [0.25, 0.3) is 0 Å². The maximum absolute atomic E-state index is 13.3. The molecule has 0 nitrogen and oxygen atoms in total. The first-order chi connectivity index (χ1) is 8.75. The van der Waals surface area contributed by atoms with E-state index in [1.54, 1.807) is 12.1 Å². The van der Waals surface area contributed by atoms with Crippen molar-refractivity contribution >= 4 is 0 Å². The van der Waals surface area contributed by atoms with Crippen LogP contribution in [0.15, 0.2) is 18.2 Å². The van der Waals surface area contributed by atoms with Crippen LogP contribution in [0, 0.1) is 11.6 Å². The third-order valence-corrected chi connectivity index (χ3v) is 3.33. The Bertz CT molecular complexity index is 334. The highest BCUT2D eigenvalue weighted by Gasteiger charge is 2.06. The number of hydrogen-bond donors (Lipinski definition) is 0. The van der Waals surface area contributed by atoms with E-state index in [0.717, 1.165) is 12.8 Å². The third kappa shape index (κ3) is 5.61. The number of aryl methyl sites for hydroxylation is 1. The van der Waals surface area contributed by atoms with Crippen LogP contribution in [0.3, 0.4) is 0 Å². The Morgan fingerprint density at radius 1 is 0.833 bits per heavy atom. The first kappa shape index (κ1) is 15.1. The van der Waals surface area contributed by atoms with Crippen molar-refractivity contribution < 1.29 is 8.78 Å². The van der Waals surface area contributed by atoms with Crippen molar-refractivity contribution in [3.05, 3.63) is 35.4 Å². The highest BCUT2D eigenvalue weighted by molar-refractivity contribution is 5.18. The Hall–Kier alpha value is -0.920. The molecule has 1 aromatic rings. The lowest BCUT2D eigenvalue weighted by molar-refractivity contribution is 0.494. The van der Waals surface area contributed by atoms with Crippen LogP contribution in [0.2, 0.25) is 0 Å². The topological polar surface area (TPSA) is 0 Å². The van der Waals surface area contributed by atoms with Crippen molar-refractivity contribution in [1.82, 2.24) is 0 Å². The molecule has 0 bridgehead atoms. The molecule has 0 aliphatic heterocycles. The van der Waals surface area contributed by atoms with Gasteiger partial charge in [-0.2, -0.15) is 0 Å². The summed E-state index contributed by atoms with van der Waals surface area (Å²) < 4.78 is 26.3. The monoisotopic (exact) mass is 254 g/mol. The van der Waals surface area contributed by atoms with Crippen molar-refractivity contribution in [3.8, 4) is 0 Å². The molecule has 0 radical (unpaired) electrons. The van der Waals surface area contributed by atoms with Crippen molar-refractivity contribution in [2.45, 2.75) is 64.7 Å². The molecular weight excluding hydrogens is 230 g/mol. The molecule has 0 aliphatic carbocycles. The average molecular weight is 254 g/mol.